The lowest BCUT2D eigenvalue weighted by molar-refractivity contribution is 1.09. The fourth-order valence-electron chi connectivity index (χ4n) is 2.10. The number of hydrogen-bond donors (Lipinski definition) is 2. The molecule has 1 heterocycles. The minimum Gasteiger partial charge on any atom is -0.396 e. The van der Waals surface area contributed by atoms with Gasteiger partial charge in [-0.2, -0.15) is 0 Å². The van der Waals surface area contributed by atoms with Gasteiger partial charge < -0.3 is 11.1 Å². The highest BCUT2D eigenvalue weighted by molar-refractivity contribution is 6.41. The second-order valence-corrected chi connectivity index (χ2v) is 5.25. The molecule has 0 aliphatic heterocycles. The molecule has 2 rings (SSSR count). The third kappa shape index (κ3) is 3.00. The van der Waals surface area contributed by atoms with Gasteiger partial charge in [-0.3, -0.25) is 0 Å². The zero-order valence-corrected chi connectivity index (χ0v) is 13.0. The molecule has 3 N–H and O–H groups in total. The normalized spacial score (nSPS) is 10.6. The van der Waals surface area contributed by atoms with E-state index in [1.54, 1.807) is 6.07 Å². The maximum atomic E-state index is 5.96. The molecular weight excluding hydrogens is 293 g/mol. The van der Waals surface area contributed by atoms with E-state index in [4.69, 9.17) is 28.9 Å². The minimum absolute atomic E-state index is 0.246. The van der Waals surface area contributed by atoms with Crippen LogP contribution in [0.2, 0.25) is 10.2 Å². The van der Waals surface area contributed by atoms with Crippen molar-refractivity contribution in [2.24, 2.45) is 0 Å². The van der Waals surface area contributed by atoms with E-state index in [-0.39, 0.29) is 5.15 Å². The predicted octanol–water partition coefficient (Wildman–Crippen LogP) is 4.84. The number of halogens is 2. The number of pyridine rings is 1. The molecule has 5 heteroatoms. The number of aryl methyl sites for hydroxylation is 2. The Morgan fingerprint density at radius 2 is 1.75 bits per heavy atom. The molecule has 0 amide bonds. The summed E-state index contributed by atoms with van der Waals surface area (Å²) in [4.78, 5) is 4.22. The summed E-state index contributed by atoms with van der Waals surface area (Å²) in [7, 11) is 0. The highest BCUT2D eigenvalue weighted by Crippen LogP contribution is 2.32. The summed E-state index contributed by atoms with van der Waals surface area (Å²) in [6.07, 6.45) is 1.86. The lowest BCUT2D eigenvalue weighted by Crippen LogP contribution is -2.04. The molecule has 0 saturated heterocycles. The van der Waals surface area contributed by atoms with Crippen LogP contribution in [0.25, 0.3) is 0 Å². The van der Waals surface area contributed by atoms with Crippen LogP contribution in [-0.4, -0.2) is 4.98 Å². The lowest BCUT2D eigenvalue weighted by Gasteiger charge is -2.16. The average Bonchev–Trinajstić information content (AvgIpc) is 2.44. The van der Waals surface area contributed by atoms with E-state index >= 15 is 0 Å². The summed E-state index contributed by atoms with van der Waals surface area (Å²) in [6, 6.07) is 7.86. The first-order valence-electron chi connectivity index (χ1n) is 6.56. The van der Waals surface area contributed by atoms with Crippen molar-refractivity contribution in [3.63, 3.8) is 0 Å². The molecule has 0 radical (unpaired) electrons. The van der Waals surface area contributed by atoms with Gasteiger partial charge >= 0.3 is 0 Å². The van der Waals surface area contributed by atoms with Gasteiger partial charge in [0.15, 0.2) is 5.82 Å². The molecular formula is C15H17Cl2N3. The lowest BCUT2D eigenvalue weighted by atomic mass is 10.0. The Balaban J connectivity index is 2.47. The first-order chi connectivity index (χ1) is 9.56. The van der Waals surface area contributed by atoms with Crippen LogP contribution < -0.4 is 11.1 Å². The van der Waals surface area contributed by atoms with Crippen molar-refractivity contribution in [2.75, 3.05) is 11.1 Å². The highest BCUT2D eigenvalue weighted by Gasteiger charge is 2.11. The van der Waals surface area contributed by atoms with E-state index in [9.17, 15) is 0 Å². The van der Waals surface area contributed by atoms with Gasteiger partial charge in [0.05, 0.1) is 10.7 Å². The SMILES string of the molecule is CCc1cccc(CC)c1Nc1nc(Cl)c(Cl)cc1N. The fourth-order valence-corrected chi connectivity index (χ4v) is 2.40. The largest absolute Gasteiger partial charge is 0.396 e. The molecule has 0 unspecified atom stereocenters. The maximum Gasteiger partial charge on any atom is 0.155 e. The number of para-hydroxylation sites is 1. The Kier molecular flexibility index (Phi) is 4.73. The van der Waals surface area contributed by atoms with E-state index in [2.05, 4.69) is 42.3 Å². The standard InChI is InChI=1S/C15H17Cl2N3/c1-3-9-6-5-7-10(4-2)13(9)19-15-12(18)8-11(16)14(17)20-15/h5-8H,3-4,18H2,1-2H3,(H,19,20). The number of benzene rings is 1. The van der Waals surface area contributed by atoms with E-state index in [1.807, 2.05) is 0 Å². The Hall–Kier alpha value is -1.45. The first kappa shape index (κ1) is 14.9. The number of hydrogen-bond acceptors (Lipinski definition) is 3. The molecule has 0 aliphatic carbocycles. The smallest absolute Gasteiger partial charge is 0.155 e. The molecule has 0 fully saturated rings. The Labute approximate surface area is 129 Å². The van der Waals surface area contributed by atoms with Crippen LogP contribution >= 0.6 is 23.2 Å². The Morgan fingerprint density at radius 3 is 2.30 bits per heavy atom. The summed E-state index contributed by atoms with van der Waals surface area (Å²) in [6.45, 7) is 4.23. The van der Waals surface area contributed by atoms with Crippen LogP contribution in [0.3, 0.4) is 0 Å². The van der Waals surface area contributed by atoms with Crippen molar-refractivity contribution in [1.82, 2.24) is 4.98 Å². The number of rotatable bonds is 4. The zero-order chi connectivity index (χ0) is 14.7. The predicted molar refractivity (Wildman–Crippen MR) is 87.2 cm³/mol. The first-order valence-corrected chi connectivity index (χ1v) is 7.31. The van der Waals surface area contributed by atoms with Crippen molar-refractivity contribution < 1.29 is 0 Å². The minimum atomic E-state index is 0.246. The molecule has 106 valence electrons. The van der Waals surface area contributed by atoms with E-state index in [0.29, 0.717) is 16.5 Å². The van der Waals surface area contributed by atoms with Gasteiger partial charge in [-0.15, -0.1) is 0 Å². The van der Waals surface area contributed by atoms with Crippen LogP contribution in [0.1, 0.15) is 25.0 Å². The molecule has 0 bridgehead atoms. The molecule has 0 saturated carbocycles. The summed E-state index contributed by atoms with van der Waals surface area (Å²) in [5.74, 6) is 0.537. The van der Waals surface area contributed by atoms with E-state index in [0.717, 1.165) is 18.5 Å². The number of nitrogens with zero attached hydrogens (tertiary/aromatic N) is 1. The van der Waals surface area contributed by atoms with Gasteiger partial charge in [-0.05, 0) is 30.0 Å². The van der Waals surface area contributed by atoms with Crippen molar-refractivity contribution in [3.05, 3.63) is 45.6 Å². The number of nitrogen functional groups attached to an aromatic ring is 1. The molecule has 20 heavy (non-hydrogen) atoms. The zero-order valence-electron chi connectivity index (χ0n) is 11.5. The number of nitrogens with one attached hydrogen (secondary N) is 1. The quantitative estimate of drug-likeness (QED) is 0.795. The monoisotopic (exact) mass is 309 g/mol. The fraction of sp³-hybridized carbons (Fsp3) is 0.267. The molecule has 3 nitrogen and oxygen atoms in total. The van der Waals surface area contributed by atoms with Gasteiger partial charge in [-0.25, -0.2) is 4.98 Å². The number of nitrogens with two attached hydrogens (primary N) is 1. The van der Waals surface area contributed by atoms with Crippen molar-refractivity contribution in [2.45, 2.75) is 26.7 Å². The summed E-state index contributed by atoms with van der Waals surface area (Å²) in [5.41, 5.74) is 9.92. The van der Waals surface area contributed by atoms with Gasteiger partial charge in [-0.1, -0.05) is 55.2 Å². The number of anilines is 3. The second kappa shape index (κ2) is 6.33. The molecule has 2 aromatic rings. The topological polar surface area (TPSA) is 50.9 Å². The molecule has 1 aromatic heterocycles. The summed E-state index contributed by atoms with van der Waals surface area (Å²) < 4.78 is 0. The van der Waals surface area contributed by atoms with Gasteiger partial charge in [0.1, 0.15) is 5.15 Å². The third-order valence-corrected chi connectivity index (χ3v) is 3.88. The Morgan fingerprint density at radius 1 is 1.15 bits per heavy atom. The molecule has 1 aromatic carbocycles. The molecule has 0 spiro atoms. The second-order valence-electron chi connectivity index (χ2n) is 4.48. The van der Waals surface area contributed by atoms with Crippen LogP contribution in [-0.2, 0) is 12.8 Å². The highest BCUT2D eigenvalue weighted by atomic mass is 35.5. The Bertz CT molecular complexity index is 605. The third-order valence-electron chi connectivity index (χ3n) is 3.20. The average molecular weight is 310 g/mol. The number of aromatic nitrogens is 1. The van der Waals surface area contributed by atoms with Crippen molar-refractivity contribution >= 4 is 40.4 Å². The van der Waals surface area contributed by atoms with Crippen LogP contribution in [0, 0.1) is 0 Å². The van der Waals surface area contributed by atoms with E-state index < -0.39 is 0 Å². The maximum absolute atomic E-state index is 5.96. The summed E-state index contributed by atoms with van der Waals surface area (Å²) in [5, 5.41) is 3.90. The molecule has 0 atom stereocenters. The molecule has 0 aliphatic rings. The van der Waals surface area contributed by atoms with Gasteiger partial charge in [0.25, 0.3) is 0 Å². The van der Waals surface area contributed by atoms with Crippen LogP contribution in [0.15, 0.2) is 24.3 Å². The van der Waals surface area contributed by atoms with Gasteiger partial charge in [0, 0.05) is 5.69 Å². The summed E-state index contributed by atoms with van der Waals surface area (Å²) >= 11 is 11.9. The van der Waals surface area contributed by atoms with Crippen LogP contribution in [0.4, 0.5) is 17.2 Å². The van der Waals surface area contributed by atoms with Crippen LogP contribution in [0.5, 0.6) is 0 Å². The van der Waals surface area contributed by atoms with E-state index in [1.165, 1.54) is 11.1 Å². The van der Waals surface area contributed by atoms with Gasteiger partial charge in [0.2, 0.25) is 0 Å². The van der Waals surface area contributed by atoms with Crippen molar-refractivity contribution in [3.8, 4) is 0 Å². The van der Waals surface area contributed by atoms with Crippen molar-refractivity contribution in [1.29, 1.82) is 0 Å².